The molecule has 3 heterocycles. The summed E-state index contributed by atoms with van der Waals surface area (Å²) in [6.45, 7) is 1.29. The van der Waals surface area contributed by atoms with Gasteiger partial charge in [0.2, 0.25) is 0 Å². The van der Waals surface area contributed by atoms with Gasteiger partial charge in [-0.25, -0.2) is 9.78 Å². The van der Waals surface area contributed by atoms with Crippen molar-refractivity contribution in [1.29, 1.82) is 0 Å². The Bertz CT molecular complexity index is 907. The third-order valence-corrected chi connectivity index (χ3v) is 4.69. The van der Waals surface area contributed by atoms with Gasteiger partial charge in [-0.3, -0.25) is 18.7 Å². The minimum absolute atomic E-state index is 0.105. The zero-order valence-corrected chi connectivity index (χ0v) is 14.0. The Morgan fingerprint density at radius 2 is 1.88 bits per heavy atom. The van der Waals surface area contributed by atoms with E-state index >= 15 is 0 Å². The SMILES string of the molecule is COC(=O)C1CCN(c2ccnc3c2c(=O)n(C)c(=O)n3C)CC1. The zero-order chi connectivity index (χ0) is 17.4. The van der Waals surface area contributed by atoms with Gasteiger partial charge >= 0.3 is 11.7 Å². The van der Waals surface area contributed by atoms with Gasteiger partial charge in [0.25, 0.3) is 5.56 Å². The molecule has 0 aromatic carbocycles. The Morgan fingerprint density at radius 1 is 1.21 bits per heavy atom. The number of esters is 1. The molecule has 2 aromatic rings. The highest BCUT2D eigenvalue weighted by molar-refractivity contribution is 5.88. The third-order valence-electron chi connectivity index (χ3n) is 4.69. The smallest absolute Gasteiger partial charge is 0.332 e. The van der Waals surface area contributed by atoms with Crippen molar-refractivity contribution in [3.05, 3.63) is 33.1 Å². The van der Waals surface area contributed by atoms with Gasteiger partial charge in [0, 0.05) is 33.4 Å². The molecule has 1 fully saturated rings. The molecule has 0 saturated carbocycles. The number of pyridine rings is 1. The minimum atomic E-state index is -0.401. The quantitative estimate of drug-likeness (QED) is 0.721. The lowest BCUT2D eigenvalue weighted by molar-refractivity contribution is -0.146. The molecule has 2 aromatic heterocycles. The summed E-state index contributed by atoms with van der Waals surface area (Å²) in [5.74, 6) is -0.293. The molecule has 0 unspecified atom stereocenters. The summed E-state index contributed by atoms with van der Waals surface area (Å²) < 4.78 is 7.27. The Morgan fingerprint density at radius 3 is 2.50 bits per heavy atom. The zero-order valence-electron chi connectivity index (χ0n) is 14.0. The molecule has 0 atom stereocenters. The molecule has 3 rings (SSSR count). The normalized spacial score (nSPS) is 15.7. The first-order chi connectivity index (χ1) is 11.5. The third kappa shape index (κ3) is 2.47. The number of hydrogen-bond donors (Lipinski definition) is 0. The van der Waals surface area contributed by atoms with Gasteiger partial charge in [-0.05, 0) is 18.9 Å². The van der Waals surface area contributed by atoms with Crippen LogP contribution in [-0.2, 0) is 23.6 Å². The van der Waals surface area contributed by atoms with Gasteiger partial charge in [-0.1, -0.05) is 0 Å². The van der Waals surface area contributed by atoms with Crippen LogP contribution in [0.1, 0.15) is 12.8 Å². The van der Waals surface area contributed by atoms with E-state index in [9.17, 15) is 14.4 Å². The molecule has 1 aliphatic rings. The average Bonchev–Trinajstić information content (AvgIpc) is 2.63. The first kappa shape index (κ1) is 16.2. The van der Waals surface area contributed by atoms with Gasteiger partial charge < -0.3 is 9.64 Å². The van der Waals surface area contributed by atoms with E-state index in [1.54, 1.807) is 19.3 Å². The van der Waals surface area contributed by atoms with Gasteiger partial charge in [0.1, 0.15) is 5.39 Å². The molecule has 24 heavy (non-hydrogen) atoms. The molecule has 8 heteroatoms. The first-order valence-corrected chi connectivity index (χ1v) is 7.83. The molecular formula is C16H20N4O4. The van der Waals surface area contributed by atoms with Gasteiger partial charge in [0.05, 0.1) is 18.7 Å². The van der Waals surface area contributed by atoms with E-state index in [0.717, 1.165) is 10.3 Å². The molecular weight excluding hydrogens is 312 g/mol. The number of piperidine rings is 1. The largest absolute Gasteiger partial charge is 0.469 e. The standard InChI is InChI=1S/C16H20N4O4/c1-18-13-12(14(21)19(2)16(18)23)11(4-7-17-13)20-8-5-10(6-9-20)15(22)24-3/h4,7,10H,5-6,8-9H2,1-3H3. The molecule has 0 bridgehead atoms. The molecule has 128 valence electrons. The van der Waals surface area contributed by atoms with Crippen molar-refractivity contribution in [2.24, 2.45) is 20.0 Å². The number of fused-ring (bicyclic) bond motifs is 1. The van der Waals surface area contributed by atoms with E-state index in [4.69, 9.17) is 4.74 Å². The molecule has 0 N–H and O–H groups in total. The number of aromatic nitrogens is 3. The van der Waals surface area contributed by atoms with Crippen molar-refractivity contribution in [3.8, 4) is 0 Å². The fourth-order valence-electron chi connectivity index (χ4n) is 3.26. The van der Waals surface area contributed by atoms with Crippen molar-refractivity contribution < 1.29 is 9.53 Å². The van der Waals surface area contributed by atoms with Crippen molar-refractivity contribution >= 4 is 22.7 Å². The Kier molecular flexibility index (Phi) is 4.13. The maximum Gasteiger partial charge on any atom is 0.332 e. The van der Waals surface area contributed by atoms with Crippen LogP contribution >= 0.6 is 0 Å². The number of rotatable bonds is 2. The highest BCUT2D eigenvalue weighted by atomic mass is 16.5. The number of carbonyl (C=O) groups excluding carboxylic acids is 1. The second-order valence-corrected chi connectivity index (χ2v) is 6.02. The summed E-state index contributed by atoms with van der Waals surface area (Å²) in [5.41, 5.74) is 0.364. The number of methoxy groups -OCH3 is 1. The van der Waals surface area contributed by atoms with Gasteiger partial charge in [0.15, 0.2) is 5.65 Å². The second-order valence-electron chi connectivity index (χ2n) is 6.02. The van der Waals surface area contributed by atoms with Crippen LogP contribution in [0.4, 0.5) is 5.69 Å². The van der Waals surface area contributed by atoms with Crippen LogP contribution in [0, 0.1) is 5.92 Å². The summed E-state index contributed by atoms with van der Waals surface area (Å²) in [4.78, 5) is 42.6. The summed E-state index contributed by atoms with van der Waals surface area (Å²) in [7, 11) is 4.46. The van der Waals surface area contributed by atoms with Crippen molar-refractivity contribution in [2.45, 2.75) is 12.8 Å². The predicted octanol–water partition coefficient (Wildman–Crippen LogP) is 0.0216. The first-order valence-electron chi connectivity index (χ1n) is 7.83. The van der Waals surface area contributed by atoms with Crippen LogP contribution in [0.15, 0.2) is 21.9 Å². The maximum atomic E-state index is 12.6. The van der Waals surface area contributed by atoms with Crippen molar-refractivity contribution in [2.75, 3.05) is 25.1 Å². The average molecular weight is 332 g/mol. The topological polar surface area (TPSA) is 86.4 Å². The van der Waals surface area contributed by atoms with Crippen LogP contribution < -0.4 is 16.1 Å². The Labute approximate surface area is 138 Å². The monoisotopic (exact) mass is 332 g/mol. The highest BCUT2D eigenvalue weighted by Gasteiger charge is 2.27. The van der Waals surface area contributed by atoms with E-state index in [1.165, 1.54) is 18.7 Å². The molecule has 8 nitrogen and oxygen atoms in total. The number of ether oxygens (including phenoxy) is 1. The van der Waals surface area contributed by atoms with Crippen LogP contribution in [0.3, 0.4) is 0 Å². The Balaban J connectivity index is 2.05. The van der Waals surface area contributed by atoms with Crippen LogP contribution in [-0.4, -0.2) is 40.3 Å². The molecule has 1 saturated heterocycles. The lowest BCUT2D eigenvalue weighted by Crippen LogP contribution is -2.40. The number of hydrogen-bond acceptors (Lipinski definition) is 6. The van der Waals surface area contributed by atoms with Gasteiger partial charge in [-0.15, -0.1) is 0 Å². The van der Waals surface area contributed by atoms with Crippen LogP contribution in [0.5, 0.6) is 0 Å². The van der Waals surface area contributed by atoms with Crippen molar-refractivity contribution in [1.82, 2.24) is 14.1 Å². The molecule has 1 aliphatic heterocycles. The minimum Gasteiger partial charge on any atom is -0.469 e. The van der Waals surface area contributed by atoms with Crippen LogP contribution in [0.2, 0.25) is 0 Å². The summed E-state index contributed by atoms with van der Waals surface area (Å²) >= 11 is 0. The van der Waals surface area contributed by atoms with E-state index < -0.39 is 5.69 Å². The fraction of sp³-hybridized carbons (Fsp3) is 0.500. The van der Waals surface area contributed by atoms with E-state index in [2.05, 4.69) is 9.88 Å². The number of carbonyl (C=O) groups is 1. The highest BCUT2D eigenvalue weighted by Crippen LogP contribution is 2.27. The lowest BCUT2D eigenvalue weighted by atomic mass is 9.96. The fourth-order valence-corrected chi connectivity index (χ4v) is 3.26. The van der Waals surface area contributed by atoms with E-state index in [0.29, 0.717) is 37.0 Å². The number of nitrogens with zero attached hydrogens (tertiary/aromatic N) is 4. The van der Waals surface area contributed by atoms with E-state index in [-0.39, 0.29) is 17.4 Å². The molecule has 0 amide bonds. The molecule has 0 radical (unpaired) electrons. The predicted molar refractivity (Wildman–Crippen MR) is 89.2 cm³/mol. The summed E-state index contributed by atoms with van der Waals surface area (Å²) in [5, 5.41) is 0.429. The van der Waals surface area contributed by atoms with Gasteiger partial charge in [-0.2, -0.15) is 0 Å². The van der Waals surface area contributed by atoms with E-state index in [1.807, 2.05) is 0 Å². The Hall–Kier alpha value is -2.64. The molecule has 0 spiro atoms. The molecule has 0 aliphatic carbocycles. The number of aryl methyl sites for hydroxylation is 1. The maximum absolute atomic E-state index is 12.6. The van der Waals surface area contributed by atoms with Crippen LogP contribution in [0.25, 0.3) is 11.0 Å². The second kappa shape index (κ2) is 6.10. The lowest BCUT2D eigenvalue weighted by Gasteiger charge is -2.32. The summed E-state index contributed by atoms with van der Waals surface area (Å²) in [6.07, 6.45) is 2.94. The number of anilines is 1. The summed E-state index contributed by atoms with van der Waals surface area (Å²) in [6, 6.07) is 1.78. The van der Waals surface area contributed by atoms with Crippen molar-refractivity contribution in [3.63, 3.8) is 0 Å².